The highest BCUT2D eigenvalue weighted by molar-refractivity contribution is 5.76. The lowest BCUT2D eigenvalue weighted by atomic mass is 9.90. The fraction of sp³-hybridized carbons (Fsp3) is 0.650. The third kappa shape index (κ3) is 16.0. The zero-order valence-electron chi connectivity index (χ0n) is 32.4. The quantitative estimate of drug-likeness (QED) is 0.247. The van der Waals surface area contributed by atoms with Crippen molar-refractivity contribution in [3.63, 3.8) is 0 Å². The number of ether oxygens (including phenoxy) is 1. The van der Waals surface area contributed by atoms with Crippen molar-refractivity contribution in [1.82, 2.24) is 0 Å². The first-order chi connectivity index (χ1) is 20.8. The molecule has 0 saturated heterocycles. The molecule has 0 aliphatic carbocycles. The molecule has 2 rings (SSSR count). The standard InChI is InChI=1S/2C12H18O.C10H20O2.C6H12O2/c2*1-5-8(2)12-9(3)6-11(13)7-10(12)4;1-7-10(5,6)8(11)12-9(2,3)4;1-4-6(2,3)5(7)8/h2*6-8,13H,5H2,1-4H3;7H2,1-6H3;4H2,1-3H3,(H,7,8). The van der Waals surface area contributed by atoms with Crippen LogP contribution in [0, 0.1) is 38.5 Å². The van der Waals surface area contributed by atoms with Crippen LogP contribution in [0.3, 0.4) is 0 Å². The Balaban J connectivity index is 0. The maximum absolute atomic E-state index is 11.5. The summed E-state index contributed by atoms with van der Waals surface area (Å²) in [5.41, 5.74) is 6.31. The van der Waals surface area contributed by atoms with Crippen LogP contribution in [-0.2, 0) is 14.3 Å². The molecular formula is C40H68O6. The third-order valence-electron chi connectivity index (χ3n) is 8.67. The molecule has 2 atom stereocenters. The van der Waals surface area contributed by atoms with Gasteiger partial charge in [-0.15, -0.1) is 0 Å². The predicted molar refractivity (Wildman–Crippen MR) is 194 cm³/mol. The summed E-state index contributed by atoms with van der Waals surface area (Å²) >= 11 is 0. The highest BCUT2D eigenvalue weighted by Gasteiger charge is 2.30. The number of esters is 1. The van der Waals surface area contributed by atoms with Crippen molar-refractivity contribution < 1.29 is 29.6 Å². The van der Waals surface area contributed by atoms with Gasteiger partial charge in [-0.25, -0.2) is 0 Å². The Morgan fingerprint density at radius 2 is 0.913 bits per heavy atom. The molecule has 0 aliphatic rings. The Morgan fingerprint density at radius 3 is 1.09 bits per heavy atom. The fourth-order valence-electron chi connectivity index (χ4n) is 4.58. The number of phenolic OH excluding ortho intramolecular Hbond substituents is 2. The van der Waals surface area contributed by atoms with E-state index in [4.69, 9.17) is 9.84 Å². The van der Waals surface area contributed by atoms with E-state index < -0.39 is 11.4 Å². The maximum atomic E-state index is 11.5. The van der Waals surface area contributed by atoms with Crippen LogP contribution in [0.25, 0.3) is 0 Å². The lowest BCUT2D eigenvalue weighted by Crippen LogP contribution is -2.33. The first-order valence-electron chi connectivity index (χ1n) is 16.9. The number of hydrogen-bond acceptors (Lipinski definition) is 5. The Kier molecular flexibility index (Phi) is 19.2. The number of hydrogen-bond donors (Lipinski definition) is 3. The molecule has 0 saturated carbocycles. The molecule has 0 radical (unpaired) electrons. The molecule has 0 heterocycles. The average molecular weight is 645 g/mol. The number of aromatic hydroxyl groups is 2. The summed E-state index contributed by atoms with van der Waals surface area (Å²) in [6.45, 7) is 33.9. The van der Waals surface area contributed by atoms with E-state index in [0.29, 0.717) is 29.8 Å². The van der Waals surface area contributed by atoms with E-state index in [0.717, 1.165) is 19.3 Å². The number of carbonyl (C=O) groups excluding carboxylic acids is 1. The number of carbonyl (C=O) groups is 2. The molecule has 0 aliphatic heterocycles. The molecule has 264 valence electrons. The van der Waals surface area contributed by atoms with Gasteiger partial charge in [0, 0.05) is 0 Å². The number of aryl methyl sites for hydroxylation is 4. The van der Waals surface area contributed by atoms with Gasteiger partial charge in [-0.05, 0) is 171 Å². The van der Waals surface area contributed by atoms with Gasteiger partial charge >= 0.3 is 11.9 Å². The zero-order chi connectivity index (χ0) is 36.8. The first-order valence-corrected chi connectivity index (χ1v) is 16.9. The van der Waals surface area contributed by atoms with Crippen LogP contribution in [0.5, 0.6) is 11.5 Å². The fourth-order valence-corrected chi connectivity index (χ4v) is 4.58. The molecule has 2 aromatic rings. The molecule has 46 heavy (non-hydrogen) atoms. The Bertz CT molecular complexity index is 1120. The first kappa shape index (κ1) is 45.1. The molecule has 0 bridgehead atoms. The van der Waals surface area contributed by atoms with Gasteiger partial charge in [0.05, 0.1) is 10.8 Å². The number of rotatable bonds is 8. The number of phenols is 2. The average Bonchev–Trinajstić information content (AvgIpc) is 2.91. The van der Waals surface area contributed by atoms with Crippen LogP contribution < -0.4 is 0 Å². The van der Waals surface area contributed by atoms with Crippen molar-refractivity contribution in [3.8, 4) is 11.5 Å². The van der Waals surface area contributed by atoms with Gasteiger partial charge in [0.1, 0.15) is 17.1 Å². The van der Waals surface area contributed by atoms with E-state index in [9.17, 15) is 19.8 Å². The van der Waals surface area contributed by atoms with Crippen LogP contribution in [0.1, 0.15) is 161 Å². The van der Waals surface area contributed by atoms with E-state index in [-0.39, 0.29) is 17.0 Å². The lowest BCUT2D eigenvalue weighted by molar-refractivity contribution is -0.165. The summed E-state index contributed by atoms with van der Waals surface area (Å²) in [6, 6.07) is 7.37. The van der Waals surface area contributed by atoms with Crippen molar-refractivity contribution in [2.45, 2.75) is 161 Å². The van der Waals surface area contributed by atoms with Crippen LogP contribution >= 0.6 is 0 Å². The molecule has 2 aromatic carbocycles. The van der Waals surface area contributed by atoms with E-state index in [1.807, 2.05) is 72.7 Å². The molecule has 6 nitrogen and oxygen atoms in total. The minimum Gasteiger partial charge on any atom is -0.508 e. The molecule has 2 unspecified atom stereocenters. The van der Waals surface area contributed by atoms with Crippen LogP contribution in [0.4, 0.5) is 0 Å². The number of carboxylic acids is 1. The normalized spacial score (nSPS) is 12.6. The van der Waals surface area contributed by atoms with Crippen LogP contribution in [0.2, 0.25) is 0 Å². The monoisotopic (exact) mass is 645 g/mol. The van der Waals surface area contributed by atoms with Gasteiger partial charge in [-0.2, -0.15) is 0 Å². The molecule has 0 aromatic heterocycles. The second-order valence-electron chi connectivity index (χ2n) is 14.9. The van der Waals surface area contributed by atoms with Gasteiger partial charge in [-0.1, -0.05) is 41.5 Å². The van der Waals surface area contributed by atoms with E-state index in [1.54, 1.807) is 13.8 Å². The smallest absolute Gasteiger partial charge is 0.312 e. The summed E-state index contributed by atoms with van der Waals surface area (Å²) in [4.78, 5) is 21.7. The molecule has 3 N–H and O–H groups in total. The van der Waals surface area contributed by atoms with E-state index in [2.05, 4.69) is 55.4 Å². The lowest BCUT2D eigenvalue weighted by Gasteiger charge is -2.27. The zero-order valence-corrected chi connectivity index (χ0v) is 32.4. The summed E-state index contributed by atoms with van der Waals surface area (Å²) in [7, 11) is 0. The minimum atomic E-state index is -0.722. The van der Waals surface area contributed by atoms with Gasteiger partial charge in [0.15, 0.2) is 0 Å². The number of benzene rings is 2. The van der Waals surface area contributed by atoms with Crippen molar-refractivity contribution in [2.75, 3.05) is 0 Å². The summed E-state index contributed by atoms with van der Waals surface area (Å²) < 4.78 is 5.25. The Morgan fingerprint density at radius 1 is 0.630 bits per heavy atom. The largest absolute Gasteiger partial charge is 0.508 e. The van der Waals surface area contributed by atoms with Crippen LogP contribution in [0.15, 0.2) is 24.3 Å². The molecule has 0 fully saturated rings. The summed E-state index contributed by atoms with van der Waals surface area (Å²) in [5, 5.41) is 27.2. The number of carboxylic acid groups (broad SMARTS) is 1. The number of aliphatic carboxylic acids is 1. The third-order valence-corrected chi connectivity index (χ3v) is 8.67. The van der Waals surface area contributed by atoms with Gasteiger partial charge in [0.25, 0.3) is 0 Å². The van der Waals surface area contributed by atoms with Gasteiger partial charge in [-0.3, -0.25) is 9.59 Å². The molecule has 0 spiro atoms. The maximum Gasteiger partial charge on any atom is 0.312 e. The topological polar surface area (TPSA) is 104 Å². The highest BCUT2D eigenvalue weighted by Crippen LogP contribution is 2.30. The van der Waals surface area contributed by atoms with E-state index >= 15 is 0 Å². The SMILES string of the molecule is CCC(C)(C)C(=O)O.CCC(C)(C)C(=O)OC(C)(C)C.CCC(C)c1c(C)cc(O)cc1C.CCC(C)c1c(C)cc(O)cc1C. The van der Waals surface area contributed by atoms with Gasteiger partial charge in [0.2, 0.25) is 0 Å². The van der Waals surface area contributed by atoms with Crippen molar-refractivity contribution in [1.29, 1.82) is 0 Å². The van der Waals surface area contributed by atoms with E-state index in [1.165, 1.54) is 33.4 Å². The molecular weight excluding hydrogens is 576 g/mol. The second kappa shape index (κ2) is 19.6. The minimum absolute atomic E-state index is 0.113. The van der Waals surface area contributed by atoms with Crippen molar-refractivity contribution >= 4 is 11.9 Å². The Labute approximate surface area is 282 Å². The molecule has 0 amide bonds. The van der Waals surface area contributed by atoms with Crippen LogP contribution in [-0.4, -0.2) is 32.9 Å². The summed E-state index contributed by atoms with van der Waals surface area (Å²) in [5.74, 6) is 1.09. The Hall–Kier alpha value is -3.02. The van der Waals surface area contributed by atoms with Crippen molar-refractivity contribution in [2.24, 2.45) is 10.8 Å². The molecule has 6 heteroatoms. The second-order valence-corrected chi connectivity index (χ2v) is 14.9. The van der Waals surface area contributed by atoms with Crippen molar-refractivity contribution in [3.05, 3.63) is 57.6 Å². The summed E-state index contributed by atoms with van der Waals surface area (Å²) in [6.07, 6.45) is 3.78. The van der Waals surface area contributed by atoms with Gasteiger partial charge < -0.3 is 20.1 Å². The predicted octanol–water partition coefficient (Wildman–Crippen LogP) is 11.3. The highest BCUT2D eigenvalue weighted by atomic mass is 16.6.